The lowest BCUT2D eigenvalue weighted by Gasteiger charge is -2.34. The summed E-state index contributed by atoms with van der Waals surface area (Å²) in [4.78, 5) is 29.1. The van der Waals surface area contributed by atoms with Crippen molar-refractivity contribution in [2.75, 3.05) is 33.3 Å². The minimum atomic E-state index is -0.0686. The lowest BCUT2D eigenvalue weighted by atomic mass is 10.1. The zero-order valence-electron chi connectivity index (χ0n) is 14.9. The highest BCUT2D eigenvalue weighted by Crippen LogP contribution is 2.24. The van der Waals surface area contributed by atoms with E-state index in [9.17, 15) is 9.59 Å². The summed E-state index contributed by atoms with van der Waals surface area (Å²) in [5, 5.41) is 0.891. The highest BCUT2D eigenvalue weighted by molar-refractivity contribution is 7.13. The van der Waals surface area contributed by atoms with Crippen LogP contribution in [-0.4, -0.2) is 59.3 Å². The molecular formula is C20H19N3O3S. The number of ether oxygens (including phenoxy) is 1. The van der Waals surface area contributed by atoms with Crippen LogP contribution in [0.25, 0.3) is 10.1 Å². The monoisotopic (exact) mass is 381 g/mol. The van der Waals surface area contributed by atoms with E-state index in [1.807, 2.05) is 30.3 Å². The number of aromatic nitrogens is 1. The van der Waals surface area contributed by atoms with Crippen LogP contribution in [0, 0.1) is 0 Å². The van der Waals surface area contributed by atoms with Crippen LogP contribution in [0.4, 0.5) is 0 Å². The molecular weight excluding hydrogens is 362 g/mol. The van der Waals surface area contributed by atoms with Gasteiger partial charge in [-0.15, -0.1) is 0 Å². The van der Waals surface area contributed by atoms with Gasteiger partial charge in [-0.1, -0.05) is 24.3 Å². The standard InChI is InChI=1S/C20H19N3O3S/c1-26-15-6-4-5-14(13-15)19(24)22-9-11-23(12-10-22)20(25)18-16-7-2-3-8-17(16)27-21-18/h2-8,13H,9-12H2,1H3. The van der Waals surface area contributed by atoms with Gasteiger partial charge in [0.2, 0.25) is 0 Å². The molecule has 0 aliphatic carbocycles. The number of rotatable bonds is 3. The lowest BCUT2D eigenvalue weighted by Crippen LogP contribution is -2.50. The Kier molecular flexibility index (Phi) is 4.77. The third kappa shape index (κ3) is 3.38. The molecule has 0 bridgehead atoms. The fourth-order valence-electron chi connectivity index (χ4n) is 3.24. The zero-order valence-corrected chi connectivity index (χ0v) is 15.7. The summed E-state index contributed by atoms with van der Waals surface area (Å²) < 4.78 is 10.5. The van der Waals surface area contributed by atoms with Gasteiger partial charge in [0.15, 0.2) is 0 Å². The molecule has 0 radical (unpaired) electrons. The minimum Gasteiger partial charge on any atom is -0.497 e. The number of hydrogen-bond acceptors (Lipinski definition) is 5. The van der Waals surface area contributed by atoms with Crippen LogP contribution in [0.15, 0.2) is 48.5 Å². The van der Waals surface area contributed by atoms with Crippen molar-refractivity contribution in [3.63, 3.8) is 0 Å². The van der Waals surface area contributed by atoms with Crippen molar-refractivity contribution in [3.8, 4) is 5.75 Å². The first-order chi connectivity index (χ1) is 13.2. The number of nitrogens with zero attached hydrogens (tertiary/aromatic N) is 3. The number of carbonyl (C=O) groups excluding carboxylic acids is 2. The predicted octanol–water partition coefficient (Wildman–Crippen LogP) is 2.90. The van der Waals surface area contributed by atoms with Crippen LogP contribution < -0.4 is 4.74 Å². The Labute approximate surface area is 161 Å². The van der Waals surface area contributed by atoms with Gasteiger partial charge >= 0.3 is 0 Å². The molecule has 138 valence electrons. The van der Waals surface area contributed by atoms with E-state index >= 15 is 0 Å². The molecule has 1 fully saturated rings. The molecule has 1 saturated heterocycles. The molecule has 0 spiro atoms. The maximum atomic E-state index is 12.9. The zero-order chi connectivity index (χ0) is 18.8. The molecule has 3 aromatic rings. The van der Waals surface area contributed by atoms with Crippen molar-refractivity contribution in [1.29, 1.82) is 0 Å². The molecule has 7 heteroatoms. The van der Waals surface area contributed by atoms with Crippen LogP contribution in [0.2, 0.25) is 0 Å². The third-order valence-electron chi connectivity index (χ3n) is 4.75. The summed E-state index contributed by atoms with van der Waals surface area (Å²) in [6.45, 7) is 2.01. The molecule has 6 nitrogen and oxygen atoms in total. The van der Waals surface area contributed by atoms with Crippen LogP contribution in [0.1, 0.15) is 20.8 Å². The quantitative estimate of drug-likeness (QED) is 0.700. The van der Waals surface area contributed by atoms with Gasteiger partial charge in [-0.3, -0.25) is 9.59 Å². The van der Waals surface area contributed by atoms with Gasteiger partial charge in [0, 0.05) is 37.1 Å². The summed E-state index contributed by atoms with van der Waals surface area (Å²) >= 11 is 1.34. The number of hydrogen-bond donors (Lipinski definition) is 0. The molecule has 0 N–H and O–H groups in total. The molecule has 1 aromatic heterocycles. The molecule has 2 heterocycles. The number of fused-ring (bicyclic) bond motifs is 1. The van der Waals surface area contributed by atoms with Crippen LogP contribution in [-0.2, 0) is 0 Å². The SMILES string of the molecule is COc1cccc(C(=O)N2CCN(C(=O)c3nsc4ccccc34)CC2)c1. The third-order valence-corrected chi connectivity index (χ3v) is 5.58. The van der Waals surface area contributed by atoms with Gasteiger partial charge in [-0.25, -0.2) is 0 Å². The van der Waals surface area contributed by atoms with Gasteiger partial charge in [0.1, 0.15) is 11.4 Å². The largest absolute Gasteiger partial charge is 0.497 e. The van der Waals surface area contributed by atoms with Crippen LogP contribution in [0.3, 0.4) is 0 Å². The Balaban J connectivity index is 1.44. The average Bonchev–Trinajstić information content (AvgIpc) is 3.17. The summed E-state index contributed by atoms with van der Waals surface area (Å²) in [7, 11) is 1.58. The predicted molar refractivity (Wildman–Crippen MR) is 104 cm³/mol. The van der Waals surface area contributed by atoms with E-state index < -0.39 is 0 Å². The Morgan fingerprint density at radius 1 is 0.963 bits per heavy atom. The minimum absolute atomic E-state index is 0.0416. The molecule has 1 aliphatic heterocycles. The second-order valence-electron chi connectivity index (χ2n) is 6.34. The van der Waals surface area contributed by atoms with E-state index in [-0.39, 0.29) is 11.8 Å². The van der Waals surface area contributed by atoms with E-state index in [4.69, 9.17) is 4.74 Å². The fourth-order valence-corrected chi connectivity index (χ4v) is 4.01. The molecule has 2 aromatic carbocycles. The van der Waals surface area contributed by atoms with Crippen molar-refractivity contribution >= 4 is 33.4 Å². The number of amides is 2. The Hall–Kier alpha value is -2.93. The molecule has 4 rings (SSSR count). The van der Waals surface area contributed by atoms with Gasteiger partial charge in [0.25, 0.3) is 11.8 Å². The maximum Gasteiger partial charge on any atom is 0.274 e. The number of piperazine rings is 1. The number of benzene rings is 2. The first kappa shape index (κ1) is 17.5. The lowest BCUT2D eigenvalue weighted by molar-refractivity contribution is 0.0534. The summed E-state index contributed by atoms with van der Waals surface area (Å²) in [6.07, 6.45) is 0. The van der Waals surface area contributed by atoms with Crippen molar-refractivity contribution in [2.24, 2.45) is 0 Å². The molecule has 0 saturated carbocycles. The highest BCUT2D eigenvalue weighted by atomic mass is 32.1. The van der Waals surface area contributed by atoms with Gasteiger partial charge in [-0.2, -0.15) is 4.37 Å². The van der Waals surface area contributed by atoms with Crippen LogP contribution in [0.5, 0.6) is 5.75 Å². The van der Waals surface area contributed by atoms with Crippen molar-refractivity contribution in [2.45, 2.75) is 0 Å². The van der Waals surface area contributed by atoms with Crippen LogP contribution >= 0.6 is 11.5 Å². The molecule has 0 unspecified atom stereocenters. The second kappa shape index (κ2) is 7.36. The maximum absolute atomic E-state index is 12.9. The van der Waals surface area contributed by atoms with Gasteiger partial charge in [0.05, 0.1) is 11.8 Å². The number of carbonyl (C=O) groups is 2. The van der Waals surface area contributed by atoms with E-state index in [0.717, 1.165) is 10.1 Å². The first-order valence-electron chi connectivity index (χ1n) is 8.74. The molecule has 2 amide bonds. The Morgan fingerprint density at radius 3 is 2.41 bits per heavy atom. The van der Waals surface area contributed by atoms with E-state index in [1.165, 1.54) is 11.5 Å². The Bertz CT molecular complexity index is 993. The van der Waals surface area contributed by atoms with Crippen molar-refractivity contribution in [1.82, 2.24) is 14.2 Å². The topological polar surface area (TPSA) is 62.7 Å². The summed E-state index contributed by atoms with van der Waals surface area (Å²) in [5.41, 5.74) is 1.10. The summed E-state index contributed by atoms with van der Waals surface area (Å²) in [5.74, 6) is 0.547. The highest BCUT2D eigenvalue weighted by Gasteiger charge is 2.27. The van der Waals surface area contributed by atoms with Crippen molar-refractivity contribution in [3.05, 3.63) is 59.8 Å². The second-order valence-corrected chi connectivity index (χ2v) is 7.15. The molecule has 1 aliphatic rings. The normalized spacial score (nSPS) is 14.4. The van der Waals surface area contributed by atoms with E-state index in [2.05, 4.69) is 4.37 Å². The van der Waals surface area contributed by atoms with Gasteiger partial charge < -0.3 is 14.5 Å². The molecule has 27 heavy (non-hydrogen) atoms. The van der Waals surface area contributed by atoms with E-state index in [1.54, 1.807) is 35.1 Å². The summed E-state index contributed by atoms with van der Waals surface area (Å²) in [6, 6.07) is 14.9. The molecule has 0 atom stereocenters. The average molecular weight is 381 g/mol. The van der Waals surface area contributed by atoms with E-state index in [0.29, 0.717) is 43.2 Å². The number of methoxy groups -OCH3 is 1. The van der Waals surface area contributed by atoms with Gasteiger partial charge in [-0.05, 0) is 35.8 Å². The smallest absolute Gasteiger partial charge is 0.274 e. The fraction of sp³-hybridized carbons (Fsp3) is 0.250. The van der Waals surface area contributed by atoms with Crippen molar-refractivity contribution < 1.29 is 14.3 Å². The first-order valence-corrected chi connectivity index (χ1v) is 9.52. The Morgan fingerprint density at radius 2 is 1.67 bits per heavy atom.